The van der Waals surface area contributed by atoms with Crippen molar-refractivity contribution in [1.82, 2.24) is 4.57 Å². The van der Waals surface area contributed by atoms with Gasteiger partial charge in [-0.25, -0.2) is 4.21 Å². The Labute approximate surface area is 156 Å². The molecular weight excluding hydrogens is 383 g/mol. The zero-order valence-corrected chi connectivity index (χ0v) is 15.5. The lowest BCUT2D eigenvalue weighted by atomic mass is 10.2. The molecule has 25 heavy (non-hydrogen) atoms. The van der Waals surface area contributed by atoms with E-state index >= 15 is 0 Å². The van der Waals surface area contributed by atoms with Gasteiger partial charge in [0.2, 0.25) is 0 Å². The predicted octanol–water partition coefficient (Wildman–Crippen LogP) is 4.48. The molecule has 3 rings (SSSR count). The van der Waals surface area contributed by atoms with Crippen LogP contribution in [0.4, 0.5) is 5.69 Å². The van der Waals surface area contributed by atoms with Gasteiger partial charge in [0, 0.05) is 16.1 Å². The third-order valence-electron chi connectivity index (χ3n) is 3.81. The second kappa shape index (κ2) is 7.07. The molecule has 0 saturated carbocycles. The number of carboxylic acids is 1. The van der Waals surface area contributed by atoms with E-state index in [2.05, 4.69) is 4.72 Å². The Kier molecular flexibility index (Phi) is 5.03. The molecule has 0 bridgehead atoms. The van der Waals surface area contributed by atoms with Gasteiger partial charge in [-0.2, -0.15) is 0 Å². The Balaban J connectivity index is 2.11. The Morgan fingerprint density at radius 1 is 1.24 bits per heavy atom. The molecule has 1 unspecified atom stereocenters. The number of nitrogens with zero attached hydrogens (tertiary/aromatic N) is 1. The fourth-order valence-corrected chi connectivity index (χ4v) is 4.18. The van der Waals surface area contributed by atoms with Crippen LogP contribution in [0.2, 0.25) is 10.0 Å². The fraction of sp³-hybridized carbons (Fsp3) is 0.118. The first-order chi connectivity index (χ1) is 11.9. The lowest BCUT2D eigenvalue weighted by Gasteiger charge is -2.09. The second-order valence-electron chi connectivity index (χ2n) is 5.40. The number of anilines is 1. The normalized spacial score (nSPS) is 12.3. The van der Waals surface area contributed by atoms with Gasteiger partial charge in [-0.3, -0.25) is 9.52 Å². The van der Waals surface area contributed by atoms with Crippen molar-refractivity contribution in [2.24, 2.45) is 0 Å². The van der Waals surface area contributed by atoms with E-state index in [-0.39, 0.29) is 6.54 Å². The molecule has 1 heterocycles. The summed E-state index contributed by atoms with van der Waals surface area (Å²) in [5, 5.41) is 10.8. The first-order valence-corrected chi connectivity index (χ1v) is 9.22. The van der Waals surface area contributed by atoms with Crippen LogP contribution >= 0.6 is 23.2 Å². The van der Waals surface area contributed by atoms with Crippen LogP contribution < -0.4 is 4.72 Å². The maximum absolute atomic E-state index is 12.7. The van der Waals surface area contributed by atoms with Crippen LogP contribution in [0.25, 0.3) is 10.9 Å². The van der Waals surface area contributed by atoms with Crippen molar-refractivity contribution in [2.75, 3.05) is 4.72 Å². The average Bonchev–Trinajstić information content (AvgIpc) is 2.80. The highest BCUT2D eigenvalue weighted by molar-refractivity contribution is 7.86. The predicted molar refractivity (Wildman–Crippen MR) is 101 cm³/mol. The Bertz CT molecular complexity index is 1000. The molecule has 8 heteroatoms. The van der Waals surface area contributed by atoms with Crippen molar-refractivity contribution < 1.29 is 14.1 Å². The molecule has 0 aliphatic rings. The van der Waals surface area contributed by atoms with Gasteiger partial charge < -0.3 is 9.67 Å². The summed E-state index contributed by atoms with van der Waals surface area (Å²) in [5.41, 5.74) is 1.92. The van der Waals surface area contributed by atoms with Gasteiger partial charge in [-0.05, 0) is 37.3 Å². The number of carboxylic acid groups (broad SMARTS) is 1. The number of aromatic nitrogens is 1. The minimum Gasteiger partial charge on any atom is -0.480 e. The standard InChI is InChI=1S/C17H14Cl2N2O3S/c1-10-17(20-25(24)15-5-3-2-4-13(15)19)12-8-11(18)6-7-14(12)21(10)9-16(22)23/h2-8,20H,9H2,1H3,(H,22,23). The van der Waals surface area contributed by atoms with Gasteiger partial charge >= 0.3 is 5.97 Å². The summed E-state index contributed by atoms with van der Waals surface area (Å²) < 4.78 is 17.3. The molecule has 5 nitrogen and oxygen atoms in total. The van der Waals surface area contributed by atoms with Crippen LogP contribution in [0.3, 0.4) is 0 Å². The minimum atomic E-state index is -1.60. The molecule has 2 aromatic carbocycles. The number of benzene rings is 2. The first kappa shape index (κ1) is 17.8. The third kappa shape index (κ3) is 3.51. The summed E-state index contributed by atoms with van der Waals surface area (Å²) in [7, 11) is -1.60. The SMILES string of the molecule is Cc1c(NS(=O)c2ccccc2Cl)c2cc(Cl)ccc2n1CC(=O)O. The number of halogens is 2. The molecule has 1 aromatic heterocycles. The molecule has 1 atom stereocenters. The number of hydrogen-bond donors (Lipinski definition) is 2. The minimum absolute atomic E-state index is 0.204. The number of carbonyl (C=O) groups is 1. The number of fused-ring (bicyclic) bond motifs is 1. The summed E-state index contributed by atoms with van der Waals surface area (Å²) in [6.45, 7) is 1.56. The summed E-state index contributed by atoms with van der Waals surface area (Å²) in [6, 6.07) is 12.0. The highest BCUT2D eigenvalue weighted by atomic mass is 35.5. The van der Waals surface area contributed by atoms with Crippen LogP contribution in [0.1, 0.15) is 5.69 Å². The lowest BCUT2D eigenvalue weighted by molar-refractivity contribution is -0.137. The van der Waals surface area contributed by atoms with Crippen LogP contribution in [-0.2, 0) is 22.3 Å². The monoisotopic (exact) mass is 396 g/mol. The van der Waals surface area contributed by atoms with E-state index in [4.69, 9.17) is 28.3 Å². The third-order valence-corrected chi connectivity index (χ3v) is 5.63. The maximum Gasteiger partial charge on any atom is 0.323 e. The zero-order valence-electron chi connectivity index (χ0n) is 13.1. The molecule has 0 aliphatic carbocycles. The largest absolute Gasteiger partial charge is 0.480 e. The molecule has 0 aliphatic heterocycles. The Hall–Kier alpha value is -2.02. The first-order valence-electron chi connectivity index (χ1n) is 7.31. The summed E-state index contributed by atoms with van der Waals surface area (Å²) in [4.78, 5) is 11.6. The van der Waals surface area contributed by atoms with Crippen LogP contribution in [-0.4, -0.2) is 19.9 Å². The molecule has 0 saturated heterocycles. The van der Waals surface area contributed by atoms with E-state index in [1.54, 1.807) is 54.0 Å². The number of hydrogen-bond acceptors (Lipinski definition) is 2. The molecule has 0 radical (unpaired) electrons. The quantitative estimate of drug-likeness (QED) is 0.667. The highest BCUT2D eigenvalue weighted by Gasteiger charge is 2.19. The Morgan fingerprint density at radius 3 is 2.64 bits per heavy atom. The molecule has 130 valence electrons. The van der Waals surface area contributed by atoms with Gasteiger partial charge in [-0.1, -0.05) is 35.3 Å². The van der Waals surface area contributed by atoms with Crippen LogP contribution in [0.15, 0.2) is 47.4 Å². The second-order valence-corrected chi connectivity index (χ2v) is 7.43. The van der Waals surface area contributed by atoms with E-state index in [0.717, 1.165) is 0 Å². The zero-order chi connectivity index (χ0) is 18.1. The van der Waals surface area contributed by atoms with Gasteiger partial charge in [0.25, 0.3) is 0 Å². The van der Waals surface area contributed by atoms with Gasteiger partial charge in [0.1, 0.15) is 6.54 Å². The van der Waals surface area contributed by atoms with Crippen molar-refractivity contribution in [3.8, 4) is 0 Å². The summed E-state index contributed by atoms with van der Waals surface area (Å²) in [6.07, 6.45) is 0. The van der Waals surface area contributed by atoms with Gasteiger partial charge in [-0.15, -0.1) is 0 Å². The summed E-state index contributed by atoms with van der Waals surface area (Å²) in [5.74, 6) is -0.964. The number of nitrogens with one attached hydrogen (secondary N) is 1. The Morgan fingerprint density at radius 2 is 1.96 bits per heavy atom. The average molecular weight is 397 g/mol. The van der Waals surface area contributed by atoms with Crippen molar-refractivity contribution in [1.29, 1.82) is 0 Å². The molecule has 0 fully saturated rings. The van der Waals surface area contributed by atoms with Crippen molar-refractivity contribution in [3.63, 3.8) is 0 Å². The highest BCUT2D eigenvalue weighted by Crippen LogP contribution is 2.34. The molecule has 2 N–H and O–H groups in total. The maximum atomic E-state index is 12.7. The fourth-order valence-electron chi connectivity index (χ4n) is 2.67. The van der Waals surface area contributed by atoms with Crippen LogP contribution in [0, 0.1) is 6.92 Å². The molecule has 0 amide bonds. The summed E-state index contributed by atoms with van der Waals surface area (Å²) >= 11 is 12.2. The van der Waals surface area contributed by atoms with E-state index < -0.39 is 17.0 Å². The van der Waals surface area contributed by atoms with E-state index in [0.29, 0.717) is 37.2 Å². The van der Waals surface area contributed by atoms with Crippen molar-refractivity contribution in [3.05, 3.63) is 58.2 Å². The van der Waals surface area contributed by atoms with E-state index in [1.165, 1.54) is 0 Å². The van der Waals surface area contributed by atoms with Crippen LogP contribution in [0.5, 0.6) is 0 Å². The van der Waals surface area contributed by atoms with Gasteiger partial charge in [0.15, 0.2) is 11.0 Å². The number of aliphatic carboxylic acids is 1. The molecule has 0 spiro atoms. The van der Waals surface area contributed by atoms with Gasteiger partial charge in [0.05, 0.1) is 21.1 Å². The topological polar surface area (TPSA) is 71.3 Å². The molecule has 3 aromatic rings. The van der Waals surface area contributed by atoms with E-state index in [9.17, 15) is 9.00 Å². The van der Waals surface area contributed by atoms with Crippen molar-refractivity contribution >= 4 is 56.7 Å². The smallest absolute Gasteiger partial charge is 0.323 e. The molecular formula is C17H14Cl2N2O3S. The van der Waals surface area contributed by atoms with Crippen molar-refractivity contribution in [2.45, 2.75) is 18.4 Å². The lowest BCUT2D eigenvalue weighted by Crippen LogP contribution is -2.11. The van der Waals surface area contributed by atoms with E-state index in [1.807, 2.05) is 0 Å². The number of rotatable bonds is 5.